The number of halogens is 2. The molecule has 2 N–H and O–H groups in total. The minimum absolute atomic E-state index is 0.0102. The second-order valence-corrected chi connectivity index (χ2v) is 7.13. The van der Waals surface area contributed by atoms with Gasteiger partial charge in [-0.05, 0) is 25.0 Å². The molecule has 3 aromatic rings. The van der Waals surface area contributed by atoms with Gasteiger partial charge in [0.2, 0.25) is 0 Å². The van der Waals surface area contributed by atoms with Crippen LogP contribution in [0.15, 0.2) is 36.9 Å². The van der Waals surface area contributed by atoms with E-state index in [0.717, 1.165) is 36.3 Å². The third kappa shape index (κ3) is 3.40. The van der Waals surface area contributed by atoms with Gasteiger partial charge in [-0.3, -0.25) is 0 Å². The average molecular weight is 406 g/mol. The van der Waals surface area contributed by atoms with Crippen molar-refractivity contribution >= 4 is 46.0 Å². The fourth-order valence-corrected chi connectivity index (χ4v) is 3.81. The Morgan fingerprint density at radius 3 is 2.96 bits per heavy atom. The Morgan fingerprint density at radius 1 is 1.37 bits per heavy atom. The van der Waals surface area contributed by atoms with Gasteiger partial charge in [-0.25, -0.2) is 14.8 Å². The van der Waals surface area contributed by atoms with Crippen LogP contribution in [0.4, 0.5) is 10.6 Å². The largest absolute Gasteiger partial charge is 0.448 e. The maximum atomic E-state index is 11.0. The van der Waals surface area contributed by atoms with E-state index in [2.05, 4.69) is 9.88 Å². The van der Waals surface area contributed by atoms with Crippen LogP contribution < -0.4 is 10.6 Å². The highest BCUT2D eigenvalue weighted by Gasteiger charge is 2.28. The molecule has 1 aliphatic heterocycles. The average Bonchev–Trinajstić information content (AvgIpc) is 3.34. The number of pyridine rings is 1. The van der Waals surface area contributed by atoms with Crippen LogP contribution in [0.5, 0.6) is 0 Å². The maximum Gasteiger partial charge on any atom is 0.404 e. The molecule has 1 atom stereocenters. The molecule has 1 amide bonds. The highest BCUT2D eigenvalue weighted by Crippen LogP contribution is 2.36. The van der Waals surface area contributed by atoms with Crippen LogP contribution in [0.3, 0.4) is 0 Å². The molecule has 1 unspecified atom stereocenters. The molecule has 3 heterocycles. The van der Waals surface area contributed by atoms with E-state index in [4.69, 9.17) is 38.7 Å². The Kier molecular flexibility index (Phi) is 4.80. The van der Waals surface area contributed by atoms with Gasteiger partial charge in [0.15, 0.2) is 0 Å². The summed E-state index contributed by atoms with van der Waals surface area (Å²) < 4.78 is 6.92. The zero-order valence-electron chi connectivity index (χ0n) is 14.3. The van der Waals surface area contributed by atoms with Gasteiger partial charge in [-0.2, -0.15) is 0 Å². The van der Waals surface area contributed by atoms with E-state index in [1.807, 2.05) is 22.9 Å². The Bertz CT molecular complexity index is 993. The summed E-state index contributed by atoms with van der Waals surface area (Å²) in [5.41, 5.74) is 6.63. The number of carbonyl (C=O) groups is 1. The van der Waals surface area contributed by atoms with Gasteiger partial charge in [0.1, 0.15) is 12.4 Å². The first kappa shape index (κ1) is 17.9. The first-order valence-corrected chi connectivity index (χ1v) is 9.26. The first-order chi connectivity index (χ1) is 13.0. The molecule has 0 spiro atoms. The lowest BCUT2D eigenvalue weighted by Gasteiger charge is -2.26. The van der Waals surface area contributed by atoms with Crippen molar-refractivity contribution in [3.63, 3.8) is 0 Å². The number of fused-ring (bicyclic) bond motifs is 1. The number of rotatable bonds is 4. The zero-order valence-corrected chi connectivity index (χ0v) is 15.8. The lowest BCUT2D eigenvalue weighted by molar-refractivity contribution is 0.149. The van der Waals surface area contributed by atoms with Crippen LogP contribution >= 0.6 is 23.2 Å². The first-order valence-electron chi connectivity index (χ1n) is 8.50. The van der Waals surface area contributed by atoms with Crippen LogP contribution in [0.2, 0.25) is 10.0 Å². The van der Waals surface area contributed by atoms with Crippen molar-refractivity contribution in [2.45, 2.75) is 18.9 Å². The number of aromatic nitrogens is 3. The molecule has 27 heavy (non-hydrogen) atoms. The number of anilines is 1. The van der Waals surface area contributed by atoms with E-state index in [-0.39, 0.29) is 12.6 Å². The Balaban J connectivity index is 1.83. The standard InChI is InChI=1S/C18H17Cl2N5O2/c19-13-4-3-12-14(24-7-5-22-10-24)8-15(23-17(12)16(13)20)25-6-1-2-11(25)9-27-18(21)26/h3-5,7-8,10-11H,1-2,6,9H2,(H2,21,26). The number of amides is 1. The molecular formula is C18H17Cl2N5O2. The van der Waals surface area contributed by atoms with Crippen LogP contribution in [0.1, 0.15) is 12.8 Å². The lowest BCUT2D eigenvalue weighted by atomic mass is 10.1. The Hall–Kier alpha value is -2.51. The van der Waals surface area contributed by atoms with Crippen molar-refractivity contribution in [2.24, 2.45) is 5.73 Å². The normalized spacial score (nSPS) is 16.8. The predicted octanol–water partition coefficient (Wildman–Crippen LogP) is 3.79. The summed E-state index contributed by atoms with van der Waals surface area (Å²) in [5.74, 6) is 0.742. The van der Waals surface area contributed by atoms with E-state index in [1.54, 1.807) is 18.6 Å². The van der Waals surface area contributed by atoms with Crippen molar-refractivity contribution in [3.05, 3.63) is 47.0 Å². The van der Waals surface area contributed by atoms with Crippen LogP contribution in [0.25, 0.3) is 16.6 Å². The molecule has 9 heteroatoms. The molecule has 2 aromatic heterocycles. The number of carbonyl (C=O) groups excluding carboxylic acids is 1. The van der Waals surface area contributed by atoms with Gasteiger partial charge in [0.25, 0.3) is 0 Å². The molecule has 4 rings (SSSR count). The molecule has 1 saturated heterocycles. The summed E-state index contributed by atoms with van der Waals surface area (Å²) in [7, 11) is 0. The van der Waals surface area contributed by atoms with Gasteiger partial charge >= 0.3 is 6.09 Å². The van der Waals surface area contributed by atoms with E-state index >= 15 is 0 Å². The number of ether oxygens (including phenoxy) is 1. The highest BCUT2D eigenvalue weighted by atomic mass is 35.5. The fraction of sp³-hybridized carbons (Fsp3) is 0.278. The molecule has 1 fully saturated rings. The van der Waals surface area contributed by atoms with E-state index in [9.17, 15) is 4.79 Å². The van der Waals surface area contributed by atoms with Gasteiger partial charge < -0.3 is 19.9 Å². The summed E-state index contributed by atoms with van der Waals surface area (Å²) in [5, 5.41) is 1.72. The van der Waals surface area contributed by atoms with E-state index in [1.165, 1.54) is 0 Å². The summed E-state index contributed by atoms with van der Waals surface area (Å²) in [6, 6.07) is 5.65. The van der Waals surface area contributed by atoms with Crippen molar-refractivity contribution in [2.75, 3.05) is 18.1 Å². The number of nitrogens with zero attached hydrogens (tertiary/aromatic N) is 4. The molecule has 1 aromatic carbocycles. The van der Waals surface area contributed by atoms with E-state index < -0.39 is 6.09 Å². The molecule has 0 saturated carbocycles. The minimum atomic E-state index is -0.776. The Labute approximate surface area is 165 Å². The third-order valence-corrected chi connectivity index (χ3v) is 5.50. The molecule has 1 aliphatic rings. The van der Waals surface area contributed by atoms with Gasteiger partial charge in [0.05, 0.1) is 33.6 Å². The van der Waals surface area contributed by atoms with E-state index in [0.29, 0.717) is 15.6 Å². The molecule has 0 bridgehead atoms. The van der Waals surface area contributed by atoms with Gasteiger partial charge in [-0.1, -0.05) is 23.2 Å². The number of primary amides is 1. The van der Waals surface area contributed by atoms with Crippen LogP contribution in [0, 0.1) is 0 Å². The quantitative estimate of drug-likeness (QED) is 0.713. The molecular weight excluding hydrogens is 389 g/mol. The van der Waals surface area contributed by atoms with Crippen LogP contribution in [-0.4, -0.2) is 39.8 Å². The summed E-state index contributed by atoms with van der Waals surface area (Å²) in [4.78, 5) is 22.0. The number of nitrogens with two attached hydrogens (primary N) is 1. The molecule has 140 valence electrons. The van der Waals surface area contributed by atoms with Crippen molar-refractivity contribution in [3.8, 4) is 5.69 Å². The second-order valence-electron chi connectivity index (χ2n) is 6.35. The second kappa shape index (κ2) is 7.25. The topological polar surface area (TPSA) is 86.3 Å². The SMILES string of the molecule is NC(=O)OCC1CCCN1c1cc(-n2ccnc2)c2ccc(Cl)c(Cl)c2n1. The smallest absolute Gasteiger partial charge is 0.404 e. The summed E-state index contributed by atoms with van der Waals surface area (Å²) in [6.07, 6.45) is 6.37. The third-order valence-electron chi connectivity index (χ3n) is 4.71. The van der Waals surface area contributed by atoms with Crippen LogP contribution in [-0.2, 0) is 4.74 Å². The summed E-state index contributed by atoms with van der Waals surface area (Å²) in [6.45, 7) is 1.02. The predicted molar refractivity (Wildman–Crippen MR) is 105 cm³/mol. The lowest BCUT2D eigenvalue weighted by Crippen LogP contribution is -2.35. The van der Waals surface area contributed by atoms with Crippen molar-refractivity contribution in [1.82, 2.24) is 14.5 Å². The van der Waals surface area contributed by atoms with Gasteiger partial charge in [0, 0.05) is 30.4 Å². The minimum Gasteiger partial charge on any atom is -0.448 e. The number of imidazole rings is 1. The maximum absolute atomic E-state index is 11.0. The van der Waals surface area contributed by atoms with Crippen molar-refractivity contribution in [1.29, 1.82) is 0 Å². The number of hydrogen-bond donors (Lipinski definition) is 1. The number of hydrogen-bond acceptors (Lipinski definition) is 5. The molecule has 7 nitrogen and oxygen atoms in total. The number of benzene rings is 1. The zero-order chi connectivity index (χ0) is 19.0. The van der Waals surface area contributed by atoms with Crippen molar-refractivity contribution < 1.29 is 9.53 Å². The molecule has 0 aliphatic carbocycles. The highest BCUT2D eigenvalue weighted by molar-refractivity contribution is 6.45. The Morgan fingerprint density at radius 2 is 2.22 bits per heavy atom. The van der Waals surface area contributed by atoms with Gasteiger partial charge in [-0.15, -0.1) is 0 Å². The molecule has 0 radical (unpaired) electrons. The fourth-order valence-electron chi connectivity index (χ4n) is 3.45. The monoisotopic (exact) mass is 405 g/mol. The summed E-state index contributed by atoms with van der Waals surface area (Å²) >= 11 is 12.7.